The van der Waals surface area contributed by atoms with Gasteiger partial charge in [0.05, 0.1) is 18.6 Å². The van der Waals surface area contributed by atoms with Crippen LogP contribution in [0.3, 0.4) is 0 Å². The number of halogens is 2. The van der Waals surface area contributed by atoms with E-state index in [0.717, 1.165) is 46.6 Å². The molecule has 0 saturated carbocycles. The molecule has 0 aliphatic heterocycles. The van der Waals surface area contributed by atoms with Gasteiger partial charge in [-0.05, 0) is 48.7 Å². The monoisotopic (exact) mass is 532 g/mol. The van der Waals surface area contributed by atoms with Gasteiger partial charge in [-0.3, -0.25) is 0 Å². The average Bonchev–Trinajstić information content (AvgIpc) is 3.42. The van der Waals surface area contributed by atoms with Crippen LogP contribution in [-0.2, 0) is 13.0 Å². The number of H-pyrrole nitrogens is 1. The first-order valence-corrected chi connectivity index (χ1v) is 10.1. The minimum Gasteiger partial charge on any atom is -0.361 e. The zero-order chi connectivity index (χ0) is 20.8. The van der Waals surface area contributed by atoms with Crippen LogP contribution in [0.4, 0.5) is 4.39 Å². The number of hydrogen-bond donors (Lipinski definition) is 3. The van der Waals surface area contributed by atoms with Crippen LogP contribution in [0.5, 0.6) is 0 Å². The molecule has 2 heterocycles. The second kappa shape index (κ2) is 10.9. The van der Waals surface area contributed by atoms with E-state index in [4.69, 9.17) is 4.99 Å². The first-order valence-electron chi connectivity index (χ1n) is 10.1. The molecule has 0 radical (unpaired) electrons. The van der Waals surface area contributed by atoms with Gasteiger partial charge in [-0.25, -0.2) is 14.4 Å². The van der Waals surface area contributed by atoms with Gasteiger partial charge in [0.2, 0.25) is 0 Å². The summed E-state index contributed by atoms with van der Waals surface area (Å²) in [6, 6.07) is 13.0. The van der Waals surface area contributed by atoms with Crippen LogP contribution in [0.25, 0.3) is 16.6 Å². The number of aliphatic imine (C=N–C) groups is 1. The van der Waals surface area contributed by atoms with Gasteiger partial charge in [-0.15, -0.1) is 24.0 Å². The molecular formula is C23H26FIN6. The van der Waals surface area contributed by atoms with Gasteiger partial charge in [-0.1, -0.05) is 18.2 Å². The standard InChI is InChI=1S/C23H25FN6.HI/c1-2-26-23(27-10-9-17-14-28-21-8-7-19(24)13-20(17)21)29-15-18-5-3-4-6-22(18)30-12-11-25-16-30;/h3-8,11-14,16,28H,2,9-10,15H2,1H3,(H2,26,27,29);1H. The molecule has 3 N–H and O–H groups in total. The highest BCUT2D eigenvalue weighted by Gasteiger charge is 2.07. The van der Waals surface area contributed by atoms with Crippen LogP contribution < -0.4 is 10.6 Å². The SMILES string of the molecule is CCNC(=NCc1ccccc1-n1ccnc1)NCCc1c[nH]c2ccc(F)cc12.I. The third-order valence-electron chi connectivity index (χ3n) is 4.94. The summed E-state index contributed by atoms with van der Waals surface area (Å²) in [6.07, 6.45) is 8.19. The molecule has 0 amide bonds. The van der Waals surface area contributed by atoms with E-state index >= 15 is 0 Å². The molecule has 2 aromatic heterocycles. The van der Waals surface area contributed by atoms with Gasteiger partial charge in [-0.2, -0.15) is 0 Å². The number of imidazole rings is 1. The Hall–Kier alpha value is -2.88. The molecule has 0 saturated heterocycles. The lowest BCUT2D eigenvalue weighted by Crippen LogP contribution is -2.38. The second-order valence-electron chi connectivity index (χ2n) is 6.97. The fourth-order valence-electron chi connectivity index (χ4n) is 3.48. The van der Waals surface area contributed by atoms with E-state index in [2.05, 4.69) is 32.7 Å². The van der Waals surface area contributed by atoms with Crippen molar-refractivity contribution < 1.29 is 4.39 Å². The van der Waals surface area contributed by atoms with Crippen molar-refractivity contribution in [1.29, 1.82) is 0 Å². The quantitative estimate of drug-likeness (QED) is 0.188. The Kier molecular flexibility index (Phi) is 8.05. The van der Waals surface area contributed by atoms with Crippen LogP contribution in [0.15, 0.2) is 72.4 Å². The molecule has 0 unspecified atom stereocenters. The number of nitrogens with zero attached hydrogens (tertiary/aromatic N) is 3. The Bertz CT molecular complexity index is 1140. The number of para-hydroxylation sites is 1. The highest BCUT2D eigenvalue weighted by molar-refractivity contribution is 14.0. The van der Waals surface area contributed by atoms with Gasteiger partial charge in [0.25, 0.3) is 0 Å². The average molecular weight is 532 g/mol. The highest BCUT2D eigenvalue weighted by atomic mass is 127. The van der Waals surface area contributed by atoms with Gasteiger partial charge in [0.15, 0.2) is 5.96 Å². The van der Waals surface area contributed by atoms with Gasteiger partial charge in [0, 0.05) is 42.6 Å². The third kappa shape index (κ3) is 5.63. The Balaban J connectivity index is 0.00000272. The minimum atomic E-state index is -0.220. The highest BCUT2D eigenvalue weighted by Crippen LogP contribution is 2.19. The van der Waals surface area contributed by atoms with E-state index in [9.17, 15) is 4.39 Å². The molecule has 0 aliphatic carbocycles. The summed E-state index contributed by atoms with van der Waals surface area (Å²) in [5.74, 6) is 0.534. The molecule has 31 heavy (non-hydrogen) atoms. The summed E-state index contributed by atoms with van der Waals surface area (Å²) in [5.41, 5.74) is 4.21. The van der Waals surface area contributed by atoms with Crippen molar-refractivity contribution in [3.05, 3.63) is 84.3 Å². The number of rotatable bonds is 7. The summed E-state index contributed by atoms with van der Waals surface area (Å²) in [6.45, 7) is 4.05. The number of aromatic nitrogens is 3. The Morgan fingerprint density at radius 2 is 2.03 bits per heavy atom. The summed E-state index contributed by atoms with van der Waals surface area (Å²) in [7, 11) is 0. The van der Waals surface area contributed by atoms with E-state index < -0.39 is 0 Å². The predicted molar refractivity (Wildman–Crippen MR) is 134 cm³/mol. The zero-order valence-electron chi connectivity index (χ0n) is 17.3. The number of hydrogen-bond acceptors (Lipinski definition) is 2. The third-order valence-corrected chi connectivity index (χ3v) is 4.94. The van der Waals surface area contributed by atoms with Crippen LogP contribution in [0.2, 0.25) is 0 Å². The minimum absolute atomic E-state index is 0. The number of guanidine groups is 1. The lowest BCUT2D eigenvalue weighted by atomic mass is 10.1. The van der Waals surface area contributed by atoms with Crippen LogP contribution in [0, 0.1) is 5.82 Å². The van der Waals surface area contributed by atoms with E-state index in [1.165, 1.54) is 6.07 Å². The summed E-state index contributed by atoms with van der Waals surface area (Å²) in [4.78, 5) is 12.1. The van der Waals surface area contributed by atoms with Crippen molar-refractivity contribution in [2.75, 3.05) is 13.1 Å². The van der Waals surface area contributed by atoms with Crippen molar-refractivity contribution in [3.8, 4) is 5.69 Å². The lowest BCUT2D eigenvalue weighted by Gasteiger charge is -2.12. The summed E-state index contributed by atoms with van der Waals surface area (Å²) < 4.78 is 15.6. The molecule has 0 fully saturated rings. The largest absolute Gasteiger partial charge is 0.361 e. The molecule has 162 valence electrons. The van der Waals surface area contributed by atoms with Crippen molar-refractivity contribution in [1.82, 2.24) is 25.2 Å². The number of fused-ring (bicyclic) bond motifs is 1. The first kappa shape index (κ1) is 22.8. The second-order valence-corrected chi connectivity index (χ2v) is 6.97. The summed E-state index contributed by atoms with van der Waals surface area (Å²) in [5, 5.41) is 7.58. The molecule has 4 rings (SSSR count). The van der Waals surface area contributed by atoms with Crippen molar-refractivity contribution in [2.45, 2.75) is 19.9 Å². The van der Waals surface area contributed by atoms with Crippen LogP contribution in [-0.4, -0.2) is 33.6 Å². The molecule has 8 heteroatoms. The predicted octanol–water partition coefficient (Wildman–Crippen LogP) is 4.41. The maximum atomic E-state index is 13.6. The van der Waals surface area contributed by atoms with E-state index in [1.54, 1.807) is 24.7 Å². The van der Waals surface area contributed by atoms with E-state index in [-0.39, 0.29) is 29.8 Å². The van der Waals surface area contributed by atoms with Crippen molar-refractivity contribution in [3.63, 3.8) is 0 Å². The normalized spacial score (nSPS) is 11.4. The molecule has 0 spiro atoms. The molecular weight excluding hydrogens is 506 g/mol. The zero-order valence-corrected chi connectivity index (χ0v) is 19.6. The smallest absolute Gasteiger partial charge is 0.191 e. The van der Waals surface area contributed by atoms with E-state index in [1.807, 2.05) is 36.0 Å². The number of benzene rings is 2. The molecule has 0 aliphatic rings. The number of aromatic amines is 1. The Morgan fingerprint density at radius 3 is 2.84 bits per heavy atom. The van der Waals surface area contributed by atoms with Gasteiger partial charge in [0.1, 0.15) is 5.82 Å². The van der Waals surface area contributed by atoms with Crippen molar-refractivity contribution in [2.24, 2.45) is 4.99 Å². The van der Waals surface area contributed by atoms with Crippen LogP contribution in [0.1, 0.15) is 18.1 Å². The van der Waals surface area contributed by atoms with Gasteiger partial charge >= 0.3 is 0 Å². The molecule has 6 nitrogen and oxygen atoms in total. The first-order chi connectivity index (χ1) is 14.7. The molecule has 2 aromatic carbocycles. The maximum absolute atomic E-state index is 13.6. The van der Waals surface area contributed by atoms with Crippen molar-refractivity contribution >= 4 is 40.8 Å². The van der Waals surface area contributed by atoms with E-state index in [0.29, 0.717) is 13.1 Å². The summed E-state index contributed by atoms with van der Waals surface area (Å²) >= 11 is 0. The Labute approximate surface area is 198 Å². The molecule has 0 atom stereocenters. The molecule has 0 bridgehead atoms. The fraction of sp³-hybridized carbons (Fsp3) is 0.217. The van der Waals surface area contributed by atoms with Gasteiger partial charge < -0.3 is 20.2 Å². The Morgan fingerprint density at radius 1 is 1.16 bits per heavy atom. The number of nitrogens with one attached hydrogen (secondary N) is 3. The molecule has 4 aromatic rings. The lowest BCUT2D eigenvalue weighted by molar-refractivity contribution is 0.629. The topological polar surface area (TPSA) is 70.0 Å². The fourth-order valence-corrected chi connectivity index (χ4v) is 3.48. The maximum Gasteiger partial charge on any atom is 0.191 e. The van der Waals surface area contributed by atoms with Crippen LogP contribution >= 0.6 is 24.0 Å².